The molecular weight excluding hydrogens is 475 g/mol. The van der Waals surface area contributed by atoms with Crippen molar-refractivity contribution in [1.82, 2.24) is 19.4 Å². The Bertz CT molecular complexity index is 1540. The Morgan fingerprint density at radius 3 is 2.86 bits per heavy atom. The van der Waals surface area contributed by atoms with Gasteiger partial charge in [0.15, 0.2) is 4.80 Å². The second-order valence-electron chi connectivity index (χ2n) is 7.87. The summed E-state index contributed by atoms with van der Waals surface area (Å²) in [5.74, 6) is -1.36. The number of nitrogens with zero attached hydrogens (tertiary/aromatic N) is 4. The van der Waals surface area contributed by atoms with Crippen LogP contribution in [0.2, 0.25) is 0 Å². The molecule has 1 aliphatic heterocycles. The molecule has 2 amide bonds. The van der Waals surface area contributed by atoms with Crippen molar-refractivity contribution >= 4 is 45.1 Å². The quantitative estimate of drug-likeness (QED) is 0.442. The number of aromatic nitrogens is 3. The van der Waals surface area contributed by atoms with Crippen LogP contribution in [0, 0.1) is 11.2 Å². The summed E-state index contributed by atoms with van der Waals surface area (Å²) in [7, 11) is 0. The normalized spacial score (nSPS) is 15.4. The van der Waals surface area contributed by atoms with Crippen LogP contribution in [-0.2, 0) is 9.53 Å². The average Bonchev–Trinajstić information content (AvgIpc) is 3.53. The number of hydrogen-bond donors (Lipinski definition) is 2. The van der Waals surface area contributed by atoms with Gasteiger partial charge in [-0.05, 0) is 30.3 Å². The molecule has 4 aromatic rings. The van der Waals surface area contributed by atoms with E-state index in [4.69, 9.17) is 10.1 Å². The lowest BCUT2D eigenvalue weighted by atomic mass is 10.2. The predicted octanol–water partition coefficient (Wildman–Crippen LogP) is 2.66. The molecule has 0 radical (unpaired) electrons. The number of carbonyl (C=O) groups is 3. The number of benzene rings is 2. The van der Waals surface area contributed by atoms with Crippen LogP contribution in [0.5, 0.6) is 0 Å². The van der Waals surface area contributed by atoms with Gasteiger partial charge in [-0.1, -0.05) is 23.5 Å². The maximum absolute atomic E-state index is 15.0. The van der Waals surface area contributed by atoms with E-state index in [1.807, 2.05) is 12.1 Å². The fraction of sp³-hybridized carbons (Fsp3) is 0.174. The Hall–Kier alpha value is -4.32. The van der Waals surface area contributed by atoms with Gasteiger partial charge in [-0.2, -0.15) is 0 Å². The first-order chi connectivity index (χ1) is 16.8. The maximum Gasteiger partial charge on any atom is 0.414 e. The zero-order valence-electron chi connectivity index (χ0n) is 18.4. The van der Waals surface area contributed by atoms with E-state index in [0.717, 1.165) is 4.70 Å². The van der Waals surface area contributed by atoms with Gasteiger partial charge >= 0.3 is 6.09 Å². The van der Waals surface area contributed by atoms with E-state index in [2.05, 4.69) is 10.3 Å². The number of hydrogen-bond acceptors (Lipinski definition) is 7. The highest BCUT2D eigenvalue weighted by Gasteiger charge is 2.32. The van der Waals surface area contributed by atoms with E-state index in [0.29, 0.717) is 11.2 Å². The van der Waals surface area contributed by atoms with Crippen molar-refractivity contribution in [3.63, 3.8) is 0 Å². The fourth-order valence-corrected chi connectivity index (χ4v) is 4.73. The molecule has 2 aromatic heterocycles. The molecule has 0 bridgehead atoms. The van der Waals surface area contributed by atoms with Gasteiger partial charge in [0.05, 0.1) is 34.7 Å². The van der Waals surface area contributed by atoms with Gasteiger partial charge in [-0.3, -0.25) is 19.9 Å². The van der Waals surface area contributed by atoms with Gasteiger partial charge in [0.25, 0.3) is 5.91 Å². The number of nitrogens with one attached hydrogen (secondary N) is 2. The van der Waals surface area contributed by atoms with Gasteiger partial charge in [0.1, 0.15) is 23.9 Å². The van der Waals surface area contributed by atoms with Gasteiger partial charge in [0, 0.05) is 13.1 Å². The molecule has 0 saturated carbocycles. The minimum atomic E-state index is -0.633. The standard InChI is InChI=1S/C23H19FN6O4S/c1-13(31)26-9-15-10-29(23(33)34-15)14-6-7-18(16(24)8-14)28-11-17(27-12-28)21(32)30-19-4-2-3-5-20(19)35-22(30)25/h2-8,11-12,15,25H,9-10H2,1H3,(H,26,31). The number of anilines is 1. The topological polar surface area (TPSA) is 122 Å². The molecule has 2 N–H and O–H groups in total. The molecule has 5 rings (SSSR count). The summed E-state index contributed by atoms with van der Waals surface area (Å²) in [5.41, 5.74) is 1.09. The first-order valence-corrected chi connectivity index (χ1v) is 11.4. The Morgan fingerprint density at radius 1 is 1.29 bits per heavy atom. The third-order valence-electron chi connectivity index (χ3n) is 5.49. The number of imidazole rings is 1. The fourth-order valence-electron chi connectivity index (χ4n) is 3.84. The first-order valence-electron chi connectivity index (χ1n) is 10.6. The SMILES string of the molecule is CC(=O)NCC1CN(c2ccc(-n3cnc(C(=O)n4c(=N)sc5ccccc54)c3)c(F)c2)C(=O)O1. The minimum Gasteiger partial charge on any atom is -0.442 e. The number of amides is 2. The van der Waals surface area contributed by atoms with Crippen LogP contribution in [0.25, 0.3) is 15.9 Å². The third-order valence-corrected chi connectivity index (χ3v) is 6.44. The average molecular weight is 495 g/mol. The molecule has 1 saturated heterocycles. The van der Waals surface area contributed by atoms with E-state index in [9.17, 15) is 14.4 Å². The van der Waals surface area contributed by atoms with Gasteiger partial charge in [0.2, 0.25) is 5.91 Å². The van der Waals surface area contributed by atoms with Crippen molar-refractivity contribution in [3.05, 3.63) is 71.3 Å². The molecular formula is C23H19FN6O4S. The smallest absolute Gasteiger partial charge is 0.414 e. The van der Waals surface area contributed by atoms with Crippen molar-refractivity contribution in [2.45, 2.75) is 13.0 Å². The largest absolute Gasteiger partial charge is 0.442 e. The minimum absolute atomic E-state index is 0.0551. The number of carbonyl (C=O) groups excluding carboxylic acids is 3. The van der Waals surface area contributed by atoms with Crippen molar-refractivity contribution in [2.24, 2.45) is 0 Å². The summed E-state index contributed by atoms with van der Waals surface area (Å²) >= 11 is 1.18. The number of ether oxygens (including phenoxy) is 1. The van der Waals surface area contributed by atoms with Crippen molar-refractivity contribution in [2.75, 3.05) is 18.0 Å². The summed E-state index contributed by atoms with van der Waals surface area (Å²) < 4.78 is 23.7. The Kier molecular flexibility index (Phi) is 5.65. The van der Waals surface area contributed by atoms with Crippen LogP contribution in [-0.4, -0.2) is 51.2 Å². The summed E-state index contributed by atoms with van der Waals surface area (Å²) in [4.78, 5) is 41.8. The third kappa shape index (κ3) is 4.19. The van der Waals surface area contributed by atoms with Crippen molar-refractivity contribution in [1.29, 1.82) is 5.41 Å². The first kappa shape index (κ1) is 22.5. The molecule has 2 aromatic carbocycles. The lowest BCUT2D eigenvalue weighted by Crippen LogP contribution is -2.33. The second-order valence-corrected chi connectivity index (χ2v) is 8.90. The van der Waals surface area contributed by atoms with Crippen LogP contribution in [0.3, 0.4) is 0 Å². The molecule has 1 atom stereocenters. The number of thiazole rings is 1. The van der Waals surface area contributed by atoms with Gasteiger partial charge < -0.3 is 14.6 Å². The predicted molar refractivity (Wildman–Crippen MR) is 125 cm³/mol. The zero-order valence-corrected chi connectivity index (χ0v) is 19.2. The molecule has 10 nitrogen and oxygen atoms in total. The molecule has 178 valence electrons. The van der Waals surface area contributed by atoms with Crippen LogP contribution >= 0.6 is 11.3 Å². The second kappa shape index (κ2) is 8.80. The molecule has 0 spiro atoms. The van der Waals surface area contributed by atoms with Gasteiger partial charge in [-0.25, -0.2) is 18.7 Å². The Morgan fingerprint density at radius 2 is 2.09 bits per heavy atom. The molecule has 12 heteroatoms. The van der Waals surface area contributed by atoms with Crippen LogP contribution in [0.4, 0.5) is 14.9 Å². The zero-order chi connectivity index (χ0) is 24.7. The van der Waals surface area contributed by atoms with Crippen LogP contribution < -0.4 is 15.0 Å². The molecule has 1 fully saturated rings. The monoisotopic (exact) mass is 494 g/mol. The number of rotatable bonds is 5. The van der Waals surface area contributed by atoms with Gasteiger partial charge in [-0.15, -0.1) is 0 Å². The molecule has 1 unspecified atom stereocenters. The maximum atomic E-state index is 15.0. The van der Waals surface area contributed by atoms with E-state index in [1.54, 1.807) is 18.2 Å². The molecule has 3 heterocycles. The highest BCUT2D eigenvalue weighted by molar-refractivity contribution is 7.16. The van der Waals surface area contributed by atoms with E-state index in [-0.39, 0.29) is 35.2 Å². The summed E-state index contributed by atoms with van der Waals surface area (Å²) in [6.45, 7) is 1.70. The van der Waals surface area contributed by atoms with E-state index in [1.165, 1.54) is 57.0 Å². The highest BCUT2D eigenvalue weighted by Crippen LogP contribution is 2.26. The summed E-state index contributed by atoms with van der Waals surface area (Å²) in [6, 6.07) is 11.4. The molecule has 1 aliphatic rings. The van der Waals surface area contributed by atoms with Crippen LogP contribution in [0.1, 0.15) is 17.4 Å². The Labute approximate surface area is 201 Å². The highest BCUT2D eigenvalue weighted by atomic mass is 32.1. The number of cyclic esters (lactones) is 1. The molecule has 0 aliphatic carbocycles. The number of halogens is 1. The molecule has 35 heavy (non-hydrogen) atoms. The number of fused-ring (bicyclic) bond motifs is 1. The van der Waals surface area contributed by atoms with Crippen LogP contribution in [0.15, 0.2) is 55.0 Å². The summed E-state index contributed by atoms with van der Waals surface area (Å²) in [6.07, 6.45) is 1.54. The lowest BCUT2D eigenvalue weighted by Gasteiger charge is -2.14. The number of para-hydroxylation sites is 1. The lowest BCUT2D eigenvalue weighted by molar-refractivity contribution is -0.119. The summed E-state index contributed by atoms with van der Waals surface area (Å²) in [5, 5.41) is 10.8. The van der Waals surface area contributed by atoms with Crippen molar-refractivity contribution < 1.29 is 23.5 Å². The Balaban J connectivity index is 1.38. The van der Waals surface area contributed by atoms with E-state index >= 15 is 4.39 Å². The van der Waals surface area contributed by atoms with Crippen molar-refractivity contribution in [3.8, 4) is 5.69 Å². The van der Waals surface area contributed by atoms with E-state index < -0.39 is 23.9 Å².